The van der Waals surface area contributed by atoms with Gasteiger partial charge in [-0.2, -0.15) is 0 Å². The maximum Gasteiger partial charge on any atom is 0.258 e. The number of benzene rings is 2. The Bertz CT molecular complexity index is 962. The van der Waals surface area contributed by atoms with Gasteiger partial charge in [0, 0.05) is 29.8 Å². The average Bonchev–Trinajstić information content (AvgIpc) is 2.70. The summed E-state index contributed by atoms with van der Waals surface area (Å²) in [6.45, 7) is 3.84. The van der Waals surface area contributed by atoms with Crippen LogP contribution in [0.5, 0.6) is 11.5 Å². The van der Waals surface area contributed by atoms with Crippen LogP contribution in [0.1, 0.15) is 36.2 Å². The fourth-order valence-corrected chi connectivity index (χ4v) is 3.41. The zero-order valence-corrected chi connectivity index (χ0v) is 17.1. The van der Waals surface area contributed by atoms with Crippen molar-refractivity contribution in [1.82, 2.24) is 5.32 Å². The third-order valence-corrected chi connectivity index (χ3v) is 4.70. The van der Waals surface area contributed by atoms with E-state index in [1.165, 1.54) is 36.3 Å². The van der Waals surface area contributed by atoms with E-state index in [2.05, 4.69) is 5.32 Å². The minimum atomic E-state index is -0.730. The number of amides is 2. The number of nitrogens with zero attached hydrogens (tertiary/aromatic N) is 1. The van der Waals surface area contributed by atoms with Crippen LogP contribution in [-0.4, -0.2) is 38.1 Å². The van der Waals surface area contributed by atoms with Crippen LogP contribution in [0.25, 0.3) is 0 Å². The molecule has 3 rings (SSSR count). The van der Waals surface area contributed by atoms with Crippen molar-refractivity contribution in [2.45, 2.75) is 32.7 Å². The summed E-state index contributed by atoms with van der Waals surface area (Å²) in [7, 11) is 1.42. The number of halogens is 2. The maximum absolute atomic E-state index is 14.1. The number of rotatable bonds is 6. The van der Waals surface area contributed by atoms with Crippen molar-refractivity contribution >= 4 is 17.5 Å². The summed E-state index contributed by atoms with van der Waals surface area (Å²) in [6.07, 6.45) is 1.02. The van der Waals surface area contributed by atoms with Crippen LogP contribution in [0.4, 0.5) is 14.5 Å². The number of anilines is 1. The van der Waals surface area contributed by atoms with Crippen LogP contribution in [-0.2, 0) is 11.2 Å². The lowest BCUT2D eigenvalue weighted by Crippen LogP contribution is -2.36. The SMILES string of the molecule is COc1cc(C(=O)N2CCCc3c(F)cc(F)cc32)ccc1OCC(=O)NC(C)C. The molecule has 0 radical (unpaired) electrons. The second-order valence-corrected chi connectivity index (χ2v) is 7.32. The fraction of sp³-hybridized carbons (Fsp3) is 0.364. The summed E-state index contributed by atoms with van der Waals surface area (Å²) in [5.41, 5.74) is 0.857. The van der Waals surface area contributed by atoms with E-state index >= 15 is 0 Å². The highest BCUT2D eigenvalue weighted by atomic mass is 19.1. The Labute approximate surface area is 173 Å². The highest BCUT2D eigenvalue weighted by Gasteiger charge is 2.27. The summed E-state index contributed by atoms with van der Waals surface area (Å²) in [6, 6.07) is 6.55. The van der Waals surface area contributed by atoms with E-state index < -0.39 is 17.5 Å². The van der Waals surface area contributed by atoms with E-state index in [1.54, 1.807) is 0 Å². The van der Waals surface area contributed by atoms with Crippen LogP contribution in [0.15, 0.2) is 30.3 Å². The van der Waals surface area contributed by atoms with Crippen LogP contribution < -0.4 is 19.7 Å². The summed E-state index contributed by atoms with van der Waals surface area (Å²) in [4.78, 5) is 26.2. The van der Waals surface area contributed by atoms with Crippen LogP contribution in [0.3, 0.4) is 0 Å². The highest BCUT2D eigenvalue weighted by Crippen LogP contribution is 2.33. The molecule has 1 N–H and O–H groups in total. The van der Waals surface area contributed by atoms with Gasteiger partial charge in [0.25, 0.3) is 11.8 Å². The summed E-state index contributed by atoms with van der Waals surface area (Å²) in [5.74, 6) is -1.47. The number of methoxy groups -OCH3 is 1. The van der Waals surface area contributed by atoms with Crippen molar-refractivity contribution in [3.8, 4) is 11.5 Å². The normalized spacial score (nSPS) is 13.1. The van der Waals surface area contributed by atoms with Crippen molar-refractivity contribution in [2.75, 3.05) is 25.2 Å². The highest BCUT2D eigenvalue weighted by molar-refractivity contribution is 6.07. The van der Waals surface area contributed by atoms with Crippen molar-refractivity contribution in [2.24, 2.45) is 0 Å². The molecule has 2 amide bonds. The summed E-state index contributed by atoms with van der Waals surface area (Å²) >= 11 is 0. The number of fused-ring (bicyclic) bond motifs is 1. The second kappa shape index (κ2) is 9.11. The molecule has 2 aromatic rings. The number of ether oxygens (including phenoxy) is 2. The molecule has 0 aromatic heterocycles. The fourth-order valence-electron chi connectivity index (χ4n) is 3.41. The topological polar surface area (TPSA) is 67.9 Å². The minimum absolute atomic E-state index is 0.00918. The van der Waals surface area contributed by atoms with E-state index in [1.807, 2.05) is 13.8 Å². The van der Waals surface area contributed by atoms with Crippen molar-refractivity contribution < 1.29 is 27.8 Å². The van der Waals surface area contributed by atoms with Gasteiger partial charge in [-0.15, -0.1) is 0 Å². The monoisotopic (exact) mass is 418 g/mol. The molecule has 160 valence electrons. The van der Waals surface area contributed by atoms with Gasteiger partial charge in [0.1, 0.15) is 11.6 Å². The first-order chi connectivity index (χ1) is 14.3. The molecule has 2 aromatic carbocycles. The zero-order valence-electron chi connectivity index (χ0n) is 17.1. The van der Waals surface area contributed by atoms with E-state index in [4.69, 9.17) is 9.47 Å². The van der Waals surface area contributed by atoms with Crippen LogP contribution in [0.2, 0.25) is 0 Å². The number of carbonyl (C=O) groups is 2. The second-order valence-electron chi connectivity index (χ2n) is 7.32. The van der Waals surface area contributed by atoms with Crippen molar-refractivity contribution in [3.05, 3.63) is 53.1 Å². The van der Waals surface area contributed by atoms with Crippen molar-refractivity contribution in [3.63, 3.8) is 0 Å². The third kappa shape index (κ3) is 4.69. The van der Waals surface area contributed by atoms with Gasteiger partial charge < -0.3 is 19.7 Å². The summed E-state index contributed by atoms with van der Waals surface area (Å²) < 4.78 is 38.7. The van der Waals surface area contributed by atoms with Gasteiger partial charge in [-0.05, 0) is 51.0 Å². The smallest absolute Gasteiger partial charge is 0.258 e. The van der Waals surface area contributed by atoms with Gasteiger partial charge in [-0.1, -0.05) is 0 Å². The molecule has 0 unspecified atom stereocenters. The first-order valence-electron chi connectivity index (χ1n) is 9.70. The molecule has 0 saturated carbocycles. The molecule has 1 heterocycles. The number of hydrogen-bond acceptors (Lipinski definition) is 4. The first kappa shape index (κ1) is 21.5. The average molecular weight is 418 g/mol. The Morgan fingerprint density at radius 1 is 1.17 bits per heavy atom. The van der Waals surface area contributed by atoms with E-state index in [9.17, 15) is 18.4 Å². The van der Waals surface area contributed by atoms with E-state index in [0.717, 1.165) is 6.07 Å². The Balaban J connectivity index is 1.82. The Morgan fingerprint density at radius 2 is 1.93 bits per heavy atom. The molecule has 1 aliphatic heterocycles. The van der Waals surface area contributed by atoms with E-state index in [0.29, 0.717) is 30.7 Å². The standard InChI is InChI=1S/C22H24F2N2O4/c1-13(2)25-21(27)12-30-19-7-6-14(9-20(19)29-3)22(28)26-8-4-5-16-17(24)10-15(23)11-18(16)26/h6-7,9-11,13H,4-5,8,12H2,1-3H3,(H,25,27). The zero-order chi connectivity index (χ0) is 21.8. The molecule has 1 aliphatic rings. The van der Waals surface area contributed by atoms with Gasteiger partial charge in [-0.3, -0.25) is 9.59 Å². The Hall–Kier alpha value is -3.16. The molecule has 0 bridgehead atoms. The van der Waals surface area contributed by atoms with Crippen molar-refractivity contribution in [1.29, 1.82) is 0 Å². The van der Waals surface area contributed by atoms with Gasteiger partial charge in [-0.25, -0.2) is 8.78 Å². The van der Waals surface area contributed by atoms with Crippen LogP contribution in [0, 0.1) is 11.6 Å². The predicted molar refractivity (Wildman–Crippen MR) is 108 cm³/mol. The molecular weight excluding hydrogens is 394 g/mol. The molecule has 30 heavy (non-hydrogen) atoms. The molecule has 6 nitrogen and oxygen atoms in total. The Kier molecular flexibility index (Phi) is 6.54. The Morgan fingerprint density at radius 3 is 2.63 bits per heavy atom. The first-order valence-corrected chi connectivity index (χ1v) is 9.70. The maximum atomic E-state index is 14.1. The molecule has 0 aliphatic carbocycles. The molecule has 0 spiro atoms. The number of nitrogens with one attached hydrogen (secondary N) is 1. The molecule has 0 atom stereocenters. The van der Waals surface area contributed by atoms with Gasteiger partial charge >= 0.3 is 0 Å². The third-order valence-electron chi connectivity index (χ3n) is 4.70. The largest absolute Gasteiger partial charge is 0.493 e. The van der Waals surface area contributed by atoms with Gasteiger partial charge in [0.2, 0.25) is 0 Å². The number of hydrogen-bond donors (Lipinski definition) is 1. The lowest BCUT2D eigenvalue weighted by atomic mass is 10.00. The lowest BCUT2D eigenvalue weighted by molar-refractivity contribution is -0.123. The molecular formula is C22H24F2N2O4. The van der Waals surface area contributed by atoms with E-state index in [-0.39, 0.29) is 35.6 Å². The molecule has 8 heteroatoms. The molecule has 0 fully saturated rings. The predicted octanol–water partition coefficient (Wildman–Crippen LogP) is 3.47. The lowest BCUT2D eigenvalue weighted by Gasteiger charge is -2.30. The van der Waals surface area contributed by atoms with Gasteiger partial charge in [0.15, 0.2) is 18.1 Å². The van der Waals surface area contributed by atoms with Gasteiger partial charge in [0.05, 0.1) is 12.8 Å². The van der Waals surface area contributed by atoms with Crippen LogP contribution >= 0.6 is 0 Å². The number of carbonyl (C=O) groups excluding carboxylic acids is 2. The summed E-state index contributed by atoms with van der Waals surface area (Å²) in [5, 5.41) is 2.71. The minimum Gasteiger partial charge on any atom is -0.493 e. The molecule has 0 saturated heterocycles. The quantitative estimate of drug-likeness (QED) is 0.780.